The van der Waals surface area contributed by atoms with Crippen LogP contribution in [0.15, 0.2) is 42.5 Å². The highest BCUT2D eigenvalue weighted by Crippen LogP contribution is 2.22. The molecular formula is C17H17FN4O2. The number of hydrogen-bond donors (Lipinski definition) is 3. The van der Waals surface area contributed by atoms with Crippen molar-refractivity contribution >= 4 is 17.4 Å². The lowest BCUT2D eigenvalue weighted by Gasteiger charge is -2.12. The molecule has 7 heteroatoms. The van der Waals surface area contributed by atoms with Gasteiger partial charge in [-0.25, -0.2) is 9.18 Å². The molecule has 0 heterocycles. The van der Waals surface area contributed by atoms with Crippen molar-refractivity contribution in [3.05, 3.63) is 53.8 Å². The molecule has 0 saturated carbocycles. The lowest BCUT2D eigenvalue weighted by atomic mass is 10.2. The first-order valence-corrected chi connectivity index (χ1v) is 7.26. The normalized spacial score (nSPS) is 9.71. The zero-order valence-corrected chi connectivity index (χ0v) is 13.1. The summed E-state index contributed by atoms with van der Waals surface area (Å²) in [6.07, 6.45) is 0. The number of halogens is 1. The van der Waals surface area contributed by atoms with Gasteiger partial charge in [-0.1, -0.05) is 18.2 Å². The van der Waals surface area contributed by atoms with Crippen LogP contribution in [0.1, 0.15) is 5.56 Å². The van der Waals surface area contributed by atoms with Gasteiger partial charge in [-0.3, -0.25) is 0 Å². The van der Waals surface area contributed by atoms with Crippen molar-refractivity contribution in [1.82, 2.24) is 5.32 Å². The van der Waals surface area contributed by atoms with Crippen molar-refractivity contribution in [2.24, 2.45) is 0 Å². The Hall–Kier alpha value is -3.27. The molecule has 2 aromatic carbocycles. The van der Waals surface area contributed by atoms with E-state index in [9.17, 15) is 9.18 Å². The smallest absolute Gasteiger partial charge is 0.319 e. The average molecular weight is 328 g/mol. The van der Waals surface area contributed by atoms with E-state index >= 15 is 0 Å². The van der Waals surface area contributed by atoms with Crippen molar-refractivity contribution in [2.75, 3.05) is 30.8 Å². The second-order valence-corrected chi connectivity index (χ2v) is 4.78. The summed E-state index contributed by atoms with van der Waals surface area (Å²) < 4.78 is 18.6. The lowest BCUT2D eigenvalue weighted by molar-refractivity contribution is 0.252. The van der Waals surface area contributed by atoms with E-state index in [1.165, 1.54) is 19.2 Å². The maximum absolute atomic E-state index is 13.4. The number of nitrogens with zero attached hydrogens (tertiary/aromatic N) is 1. The van der Waals surface area contributed by atoms with Crippen molar-refractivity contribution in [1.29, 1.82) is 5.26 Å². The Balaban J connectivity index is 1.82. The topological polar surface area (TPSA) is 86.2 Å². The van der Waals surface area contributed by atoms with E-state index in [1.807, 2.05) is 6.07 Å². The Kier molecular flexibility index (Phi) is 5.97. The number of rotatable bonds is 6. The summed E-state index contributed by atoms with van der Waals surface area (Å²) in [6, 6.07) is 12.8. The van der Waals surface area contributed by atoms with E-state index in [4.69, 9.17) is 10.00 Å². The molecule has 0 radical (unpaired) electrons. The third-order valence-corrected chi connectivity index (χ3v) is 3.21. The number of carbonyl (C=O) groups excluding carboxylic acids is 1. The number of nitrogens with one attached hydrogen (secondary N) is 3. The molecule has 0 fully saturated rings. The number of hydrogen-bond acceptors (Lipinski definition) is 4. The molecule has 124 valence electrons. The van der Waals surface area contributed by atoms with Crippen molar-refractivity contribution in [2.45, 2.75) is 0 Å². The number of para-hydroxylation sites is 2. The summed E-state index contributed by atoms with van der Waals surface area (Å²) in [6.45, 7) is 0.639. The third-order valence-electron chi connectivity index (χ3n) is 3.21. The van der Waals surface area contributed by atoms with Gasteiger partial charge < -0.3 is 20.7 Å². The Morgan fingerprint density at radius 3 is 2.67 bits per heavy atom. The van der Waals surface area contributed by atoms with Gasteiger partial charge in [0.05, 0.1) is 18.5 Å². The standard InChI is InChI=1S/C17H17FN4O2/c1-24-16-8-3-2-6-15(16)22-17(23)21-10-9-20-14-7-4-5-13(18)12(14)11-19/h2-8,20H,9-10H2,1H3,(H2,21,22,23). The van der Waals surface area contributed by atoms with Crippen LogP contribution in [-0.2, 0) is 0 Å². The Morgan fingerprint density at radius 1 is 1.17 bits per heavy atom. The van der Waals surface area contributed by atoms with Crippen LogP contribution in [0.3, 0.4) is 0 Å². The molecule has 24 heavy (non-hydrogen) atoms. The zero-order chi connectivity index (χ0) is 17.4. The Morgan fingerprint density at radius 2 is 1.92 bits per heavy atom. The van der Waals surface area contributed by atoms with Crippen LogP contribution >= 0.6 is 0 Å². The molecule has 6 nitrogen and oxygen atoms in total. The molecule has 2 aromatic rings. The molecule has 2 rings (SSSR count). The van der Waals surface area contributed by atoms with Crippen LogP contribution in [0.25, 0.3) is 0 Å². The summed E-state index contributed by atoms with van der Waals surface area (Å²) in [5, 5.41) is 17.2. The van der Waals surface area contributed by atoms with E-state index < -0.39 is 5.82 Å². The lowest BCUT2D eigenvalue weighted by Crippen LogP contribution is -2.32. The number of amides is 2. The maximum atomic E-state index is 13.4. The van der Waals surface area contributed by atoms with E-state index in [1.54, 1.807) is 30.3 Å². The van der Waals surface area contributed by atoms with Gasteiger partial charge in [0, 0.05) is 13.1 Å². The fourth-order valence-corrected chi connectivity index (χ4v) is 2.07. The van der Waals surface area contributed by atoms with Gasteiger partial charge in [-0.05, 0) is 24.3 Å². The van der Waals surface area contributed by atoms with Crippen LogP contribution in [0.5, 0.6) is 5.75 Å². The van der Waals surface area contributed by atoms with Crippen LogP contribution in [0, 0.1) is 17.1 Å². The number of ether oxygens (including phenoxy) is 1. The number of carbonyl (C=O) groups is 1. The number of urea groups is 1. The highest BCUT2D eigenvalue weighted by Gasteiger charge is 2.08. The van der Waals surface area contributed by atoms with E-state index in [0.29, 0.717) is 30.2 Å². The summed E-state index contributed by atoms with van der Waals surface area (Å²) in [5.74, 6) is -0.0198. The van der Waals surface area contributed by atoms with Crippen molar-refractivity contribution in [3.63, 3.8) is 0 Å². The number of benzene rings is 2. The quantitative estimate of drug-likeness (QED) is 0.712. The second kappa shape index (κ2) is 8.39. The SMILES string of the molecule is COc1ccccc1NC(=O)NCCNc1cccc(F)c1C#N. The molecule has 3 N–H and O–H groups in total. The molecule has 0 aliphatic heterocycles. The Bertz CT molecular complexity index is 758. The van der Waals surface area contributed by atoms with Gasteiger partial charge in [0.25, 0.3) is 0 Å². The third kappa shape index (κ3) is 4.36. The first-order valence-electron chi connectivity index (χ1n) is 7.26. The summed E-state index contributed by atoms with van der Waals surface area (Å²) in [4.78, 5) is 11.9. The van der Waals surface area contributed by atoms with Crippen LogP contribution in [-0.4, -0.2) is 26.2 Å². The van der Waals surface area contributed by atoms with Gasteiger partial charge in [0.2, 0.25) is 0 Å². The average Bonchev–Trinajstić information content (AvgIpc) is 2.59. The van der Waals surface area contributed by atoms with Gasteiger partial charge in [-0.2, -0.15) is 5.26 Å². The molecule has 0 atom stereocenters. The first kappa shape index (κ1) is 17.1. The molecule has 2 amide bonds. The van der Waals surface area contributed by atoms with Crippen molar-refractivity contribution < 1.29 is 13.9 Å². The molecule has 0 bridgehead atoms. The highest BCUT2D eigenvalue weighted by atomic mass is 19.1. The minimum atomic E-state index is -0.579. The molecule has 0 aliphatic rings. The number of methoxy groups -OCH3 is 1. The van der Waals surface area contributed by atoms with Crippen LogP contribution in [0.2, 0.25) is 0 Å². The zero-order valence-electron chi connectivity index (χ0n) is 13.1. The fraction of sp³-hybridized carbons (Fsp3) is 0.176. The predicted octanol–water partition coefficient (Wildman–Crippen LogP) is 2.94. The Labute approximate surface area is 139 Å². The van der Waals surface area contributed by atoms with Gasteiger partial charge in [-0.15, -0.1) is 0 Å². The molecular weight excluding hydrogens is 311 g/mol. The molecule has 0 saturated heterocycles. The van der Waals surface area contributed by atoms with E-state index in [2.05, 4.69) is 16.0 Å². The second-order valence-electron chi connectivity index (χ2n) is 4.78. The molecule has 0 unspecified atom stereocenters. The van der Waals surface area contributed by atoms with Gasteiger partial charge in [0.15, 0.2) is 0 Å². The van der Waals surface area contributed by atoms with Gasteiger partial charge in [0.1, 0.15) is 23.2 Å². The fourth-order valence-electron chi connectivity index (χ4n) is 2.07. The molecule has 0 spiro atoms. The largest absolute Gasteiger partial charge is 0.495 e. The van der Waals surface area contributed by atoms with E-state index in [0.717, 1.165) is 0 Å². The number of anilines is 2. The van der Waals surface area contributed by atoms with E-state index in [-0.39, 0.29) is 11.6 Å². The minimum Gasteiger partial charge on any atom is -0.495 e. The molecule has 0 aromatic heterocycles. The van der Waals surface area contributed by atoms with Crippen LogP contribution < -0.4 is 20.7 Å². The summed E-state index contributed by atoms with van der Waals surface area (Å²) >= 11 is 0. The summed E-state index contributed by atoms with van der Waals surface area (Å²) in [5.41, 5.74) is 0.905. The highest BCUT2D eigenvalue weighted by molar-refractivity contribution is 5.90. The van der Waals surface area contributed by atoms with Crippen molar-refractivity contribution in [3.8, 4) is 11.8 Å². The summed E-state index contributed by atoms with van der Waals surface area (Å²) in [7, 11) is 1.52. The first-order chi connectivity index (χ1) is 11.7. The van der Waals surface area contributed by atoms with Crippen LogP contribution in [0.4, 0.5) is 20.6 Å². The number of nitriles is 1. The maximum Gasteiger partial charge on any atom is 0.319 e. The van der Waals surface area contributed by atoms with Gasteiger partial charge >= 0.3 is 6.03 Å². The minimum absolute atomic E-state index is 0.0454. The monoisotopic (exact) mass is 328 g/mol. The molecule has 0 aliphatic carbocycles. The predicted molar refractivity (Wildman–Crippen MR) is 89.6 cm³/mol.